The fraction of sp³-hybridized carbons (Fsp3) is 0.429. The van der Waals surface area contributed by atoms with Gasteiger partial charge in [0, 0.05) is 12.6 Å². The minimum Gasteiger partial charge on any atom is -0.387 e. The summed E-state index contributed by atoms with van der Waals surface area (Å²) in [4.78, 5) is 13.5. The highest BCUT2D eigenvalue weighted by Gasteiger charge is 2.46. The summed E-state index contributed by atoms with van der Waals surface area (Å²) in [5, 5.41) is 27.4. The van der Waals surface area contributed by atoms with Crippen LogP contribution in [0.3, 0.4) is 0 Å². The van der Waals surface area contributed by atoms with E-state index in [1.54, 1.807) is 4.57 Å². The van der Waals surface area contributed by atoms with E-state index >= 15 is 0 Å². The predicted octanol–water partition coefficient (Wildman–Crippen LogP) is 1.43. The summed E-state index contributed by atoms with van der Waals surface area (Å²) in [6, 6.07) is 10.3. The molecule has 4 N–H and O–H groups in total. The number of aromatic nitrogens is 4. The minimum atomic E-state index is -1.18. The molecule has 0 spiro atoms. The number of nitrogens with zero attached hydrogens (tertiary/aromatic N) is 4. The van der Waals surface area contributed by atoms with Crippen LogP contribution in [0.15, 0.2) is 43.0 Å². The fourth-order valence-corrected chi connectivity index (χ4v) is 4.12. The van der Waals surface area contributed by atoms with Crippen LogP contribution in [-0.2, 0) is 11.2 Å². The van der Waals surface area contributed by atoms with Gasteiger partial charge in [-0.3, -0.25) is 4.57 Å². The summed E-state index contributed by atoms with van der Waals surface area (Å²) in [5.41, 5.74) is 2.28. The fourth-order valence-electron chi connectivity index (χ4n) is 3.78. The van der Waals surface area contributed by atoms with Crippen LogP contribution in [0.2, 0.25) is 0 Å². The van der Waals surface area contributed by atoms with Crippen LogP contribution < -0.4 is 10.6 Å². The summed E-state index contributed by atoms with van der Waals surface area (Å²) in [6.45, 7) is 4.57. The average Bonchev–Trinajstić information content (AvgIpc) is 3.31. The molecule has 1 aliphatic heterocycles. The van der Waals surface area contributed by atoms with Crippen LogP contribution in [0.4, 0.5) is 5.82 Å². The van der Waals surface area contributed by atoms with Crippen molar-refractivity contribution in [1.82, 2.24) is 24.8 Å². The molecular formula is C21H26N6O3S. The summed E-state index contributed by atoms with van der Waals surface area (Å²) in [5.74, 6) is 0.597. The molecule has 0 radical (unpaired) electrons. The normalized spacial score (nSPS) is 24.3. The van der Waals surface area contributed by atoms with Gasteiger partial charge in [0.25, 0.3) is 0 Å². The lowest BCUT2D eigenvalue weighted by Crippen LogP contribution is -2.41. The molecule has 1 aromatic carbocycles. The van der Waals surface area contributed by atoms with Gasteiger partial charge in [0.1, 0.15) is 29.6 Å². The Hall–Kier alpha value is -2.66. The molecule has 0 amide bonds. The molecule has 10 heteroatoms. The number of ether oxygens (including phenoxy) is 1. The number of hydrogen-bond acceptors (Lipinski definition) is 8. The third-order valence-corrected chi connectivity index (χ3v) is 5.63. The number of nitrogens with one attached hydrogen (secondary N) is 2. The third-order valence-electron chi connectivity index (χ3n) is 5.25. The number of hydrogen-bond donors (Lipinski definition) is 4. The van der Waals surface area contributed by atoms with Crippen molar-refractivity contribution in [1.29, 1.82) is 0 Å². The van der Waals surface area contributed by atoms with E-state index in [0.29, 0.717) is 28.5 Å². The lowest BCUT2D eigenvalue weighted by Gasteiger charge is -2.17. The Morgan fingerprint density at radius 1 is 1.19 bits per heavy atom. The van der Waals surface area contributed by atoms with Gasteiger partial charge in [-0.2, -0.15) is 0 Å². The van der Waals surface area contributed by atoms with Crippen molar-refractivity contribution in [2.45, 2.75) is 50.8 Å². The Kier molecular flexibility index (Phi) is 6.42. The zero-order valence-corrected chi connectivity index (χ0v) is 18.2. The largest absolute Gasteiger partial charge is 0.387 e. The second-order valence-corrected chi connectivity index (χ2v) is 8.04. The number of anilines is 1. The zero-order chi connectivity index (χ0) is 22.0. The van der Waals surface area contributed by atoms with Gasteiger partial charge in [-0.25, -0.2) is 15.0 Å². The van der Waals surface area contributed by atoms with E-state index in [1.807, 2.05) is 25.1 Å². The predicted molar refractivity (Wildman–Crippen MR) is 121 cm³/mol. The van der Waals surface area contributed by atoms with Crippen molar-refractivity contribution >= 4 is 34.2 Å². The second-order valence-electron chi connectivity index (χ2n) is 7.60. The molecule has 4 rings (SSSR count). The number of benzene rings is 1. The van der Waals surface area contributed by atoms with Crippen molar-refractivity contribution in [2.24, 2.45) is 0 Å². The molecule has 1 fully saturated rings. The maximum atomic E-state index is 10.6. The Morgan fingerprint density at radius 3 is 2.71 bits per heavy atom. The van der Waals surface area contributed by atoms with E-state index in [-0.39, 0.29) is 6.04 Å². The monoisotopic (exact) mass is 442 g/mol. The Labute approximate surface area is 185 Å². The molecule has 3 aromatic rings. The molecule has 0 unspecified atom stereocenters. The molecule has 5 atom stereocenters. The van der Waals surface area contributed by atoms with Crippen LogP contribution >= 0.6 is 12.2 Å². The van der Waals surface area contributed by atoms with E-state index in [2.05, 4.69) is 44.6 Å². The van der Waals surface area contributed by atoms with Crippen molar-refractivity contribution in [3.8, 4) is 0 Å². The van der Waals surface area contributed by atoms with Crippen LogP contribution in [0.1, 0.15) is 25.6 Å². The SMILES string of the molecule is CCNC(=S)[C@H]1O[C@@H](n2cnc3c(N[C@H](C)Cc4ccccc4)ncnc32)[C@H](O)[C@@H]1O. The highest BCUT2D eigenvalue weighted by molar-refractivity contribution is 7.80. The number of thiocarbonyl (C=S) groups is 1. The van der Waals surface area contributed by atoms with Crippen molar-refractivity contribution in [2.75, 3.05) is 11.9 Å². The topological polar surface area (TPSA) is 117 Å². The number of fused-ring (bicyclic) bond motifs is 1. The molecule has 1 saturated heterocycles. The molecule has 0 saturated carbocycles. The Morgan fingerprint density at radius 2 is 1.97 bits per heavy atom. The maximum absolute atomic E-state index is 10.6. The van der Waals surface area contributed by atoms with Gasteiger partial charge >= 0.3 is 0 Å². The van der Waals surface area contributed by atoms with E-state index in [4.69, 9.17) is 17.0 Å². The molecule has 1 aliphatic rings. The van der Waals surface area contributed by atoms with Gasteiger partial charge in [-0.15, -0.1) is 0 Å². The highest BCUT2D eigenvalue weighted by atomic mass is 32.1. The van der Waals surface area contributed by atoms with Crippen LogP contribution in [0, 0.1) is 0 Å². The number of aliphatic hydroxyl groups is 2. The number of likely N-dealkylation sites (N-methyl/N-ethyl adjacent to an activating group) is 1. The van der Waals surface area contributed by atoms with E-state index in [0.717, 1.165) is 6.42 Å². The number of imidazole rings is 1. The first kappa shape index (κ1) is 21.6. The van der Waals surface area contributed by atoms with E-state index in [1.165, 1.54) is 18.2 Å². The first-order valence-electron chi connectivity index (χ1n) is 10.3. The summed E-state index contributed by atoms with van der Waals surface area (Å²) in [7, 11) is 0. The first-order chi connectivity index (χ1) is 15.0. The van der Waals surface area contributed by atoms with E-state index in [9.17, 15) is 10.2 Å². The molecule has 0 bridgehead atoms. The van der Waals surface area contributed by atoms with Gasteiger partial charge in [0.2, 0.25) is 0 Å². The zero-order valence-electron chi connectivity index (χ0n) is 17.3. The lowest BCUT2D eigenvalue weighted by molar-refractivity contribution is -0.0218. The smallest absolute Gasteiger partial charge is 0.167 e. The quantitative estimate of drug-likeness (QED) is 0.403. The van der Waals surface area contributed by atoms with Gasteiger partial charge in [-0.05, 0) is 25.8 Å². The van der Waals surface area contributed by atoms with Gasteiger partial charge in [0.05, 0.1) is 6.33 Å². The molecular weight excluding hydrogens is 416 g/mol. The van der Waals surface area contributed by atoms with Gasteiger partial charge in [0.15, 0.2) is 23.2 Å². The van der Waals surface area contributed by atoms with Crippen molar-refractivity contribution < 1.29 is 14.9 Å². The van der Waals surface area contributed by atoms with Crippen LogP contribution in [-0.4, -0.2) is 65.6 Å². The highest BCUT2D eigenvalue weighted by Crippen LogP contribution is 2.32. The molecule has 0 aliphatic carbocycles. The van der Waals surface area contributed by atoms with Gasteiger partial charge in [-0.1, -0.05) is 42.5 Å². The maximum Gasteiger partial charge on any atom is 0.167 e. The standard InChI is InChI=1S/C21H26N6O3S/c1-3-22-20(31)17-15(28)16(29)21(30-17)27-11-25-14-18(23-10-24-19(14)27)26-12(2)9-13-7-5-4-6-8-13/h4-8,10-12,15-17,21,28-29H,3,9H2,1-2H3,(H,22,31)(H,23,24,26)/t12-,15+,16-,17+,21-/m1/s1. The lowest BCUT2D eigenvalue weighted by atomic mass is 10.1. The molecule has 9 nitrogen and oxygen atoms in total. The Balaban J connectivity index is 1.55. The molecule has 31 heavy (non-hydrogen) atoms. The first-order valence-corrected chi connectivity index (χ1v) is 10.7. The van der Waals surface area contributed by atoms with Gasteiger partial charge < -0.3 is 25.6 Å². The van der Waals surface area contributed by atoms with Crippen molar-refractivity contribution in [3.63, 3.8) is 0 Å². The molecule has 2 aromatic heterocycles. The third kappa shape index (κ3) is 4.38. The van der Waals surface area contributed by atoms with E-state index < -0.39 is 24.5 Å². The molecule has 164 valence electrons. The van der Waals surface area contributed by atoms with Crippen molar-refractivity contribution in [3.05, 3.63) is 48.5 Å². The summed E-state index contributed by atoms with van der Waals surface area (Å²) in [6.07, 6.45) is -0.208. The Bertz CT molecular complexity index is 1050. The molecule has 3 heterocycles. The summed E-state index contributed by atoms with van der Waals surface area (Å²) >= 11 is 5.28. The number of aliphatic hydroxyl groups excluding tert-OH is 2. The van der Waals surface area contributed by atoms with Crippen LogP contribution in [0.5, 0.6) is 0 Å². The summed E-state index contributed by atoms with van der Waals surface area (Å²) < 4.78 is 7.49. The minimum absolute atomic E-state index is 0.114. The average molecular weight is 443 g/mol. The second kappa shape index (κ2) is 9.23. The van der Waals surface area contributed by atoms with Crippen LogP contribution in [0.25, 0.3) is 11.2 Å². The number of rotatable bonds is 7.